The molecule has 0 bridgehead atoms. The number of rotatable bonds is 2. The van der Waals surface area contributed by atoms with Crippen LogP contribution in [0.4, 0.5) is 0 Å². The van der Waals surface area contributed by atoms with Gasteiger partial charge in [-0.1, -0.05) is 24.3 Å². The molecule has 0 radical (unpaired) electrons. The number of primary amides is 1. The second-order valence-electron chi connectivity index (χ2n) is 3.80. The van der Waals surface area contributed by atoms with Gasteiger partial charge in [-0.05, 0) is 29.2 Å². The standard InChI is InChI=1S/C14H10N2O2/c15-8-11(14(16)18)6-9-5-10-3-1-2-4-12(10)13(17)7-9/h1-7,17H,(H2,16,18). The van der Waals surface area contributed by atoms with Crippen molar-refractivity contribution in [1.82, 2.24) is 0 Å². The van der Waals surface area contributed by atoms with Crippen LogP contribution in [0.15, 0.2) is 42.0 Å². The normalized spacial score (nSPS) is 11.2. The lowest BCUT2D eigenvalue weighted by Gasteiger charge is -2.03. The van der Waals surface area contributed by atoms with Crippen LogP contribution in [0.3, 0.4) is 0 Å². The van der Waals surface area contributed by atoms with Crippen LogP contribution < -0.4 is 5.73 Å². The highest BCUT2D eigenvalue weighted by Gasteiger charge is 2.05. The third kappa shape index (κ3) is 2.15. The highest BCUT2D eigenvalue weighted by Crippen LogP contribution is 2.27. The second kappa shape index (κ2) is 4.60. The van der Waals surface area contributed by atoms with Gasteiger partial charge < -0.3 is 10.8 Å². The number of nitriles is 1. The number of nitrogens with zero attached hydrogens (tertiary/aromatic N) is 1. The first-order valence-corrected chi connectivity index (χ1v) is 5.25. The minimum atomic E-state index is -0.787. The van der Waals surface area contributed by atoms with Crippen LogP contribution >= 0.6 is 0 Å². The summed E-state index contributed by atoms with van der Waals surface area (Å²) in [7, 11) is 0. The summed E-state index contributed by atoms with van der Waals surface area (Å²) in [6.45, 7) is 0. The number of carbonyl (C=O) groups is 1. The van der Waals surface area contributed by atoms with Crippen molar-refractivity contribution in [2.75, 3.05) is 0 Å². The van der Waals surface area contributed by atoms with Crippen molar-refractivity contribution in [3.63, 3.8) is 0 Å². The number of nitrogens with two attached hydrogens (primary N) is 1. The van der Waals surface area contributed by atoms with E-state index >= 15 is 0 Å². The van der Waals surface area contributed by atoms with E-state index in [-0.39, 0.29) is 11.3 Å². The fraction of sp³-hybridized carbons (Fsp3) is 0. The Morgan fingerprint density at radius 3 is 2.72 bits per heavy atom. The minimum absolute atomic E-state index is 0.0983. The number of phenolic OH excluding ortho intramolecular Hbond substituents is 1. The average molecular weight is 238 g/mol. The van der Waals surface area contributed by atoms with Crippen molar-refractivity contribution in [1.29, 1.82) is 5.26 Å². The van der Waals surface area contributed by atoms with Gasteiger partial charge in [0.05, 0.1) is 0 Å². The number of hydrogen-bond acceptors (Lipinski definition) is 3. The molecule has 0 aliphatic rings. The third-order valence-corrected chi connectivity index (χ3v) is 2.56. The van der Waals surface area contributed by atoms with E-state index in [2.05, 4.69) is 0 Å². The first-order chi connectivity index (χ1) is 8.61. The summed E-state index contributed by atoms with van der Waals surface area (Å²) in [6, 6.07) is 12.3. The predicted molar refractivity (Wildman–Crippen MR) is 68.4 cm³/mol. The van der Waals surface area contributed by atoms with Crippen molar-refractivity contribution in [3.05, 3.63) is 47.5 Å². The molecule has 2 aromatic carbocycles. The molecule has 0 saturated heterocycles. The topological polar surface area (TPSA) is 87.1 Å². The molecule has 0 spiro atoms. The maximum atomic E-state index is 11.0. The molecule has 0 aliphatic heterocycles. The highest BCUT2D eigenvalue weighted by atomic mass is 16.3. The quantitative estimate of drug-likeness (QED) is 0.619. The second-order valence-corrected chi connectivity index (χ2v) is 3.80. The van der Waals surface area contributed by atoms with Crippen molar-refractivity contribution >= 4 is 22.8 Å². The van der Waals surface area contributed by atoms with Crippen LogP contribution in [0.1, 0.15) is 5.56 Å². The summed E-state index contributed by atoms with van der Waals surface area (Å²) < 4.78 is 0. The Morgan fingerprint density at radius 2 is 2.06 bits per heavy atom. The van der Waals surface area contributed by atoms with Gasteiger partial charge in [0.25, 0.3) is 5.91 Å². The largest absolute Gasteiger partial charge is 0.507 e. The Balaban J connectivity index is 2.61. The van der Waals surface area contributed by atoms with Gasteiger partial charge >= 0.3 is 0 Å². The van der Waals surface area contributed by atoms with E-state index in [0.29, 0.717) is 10.9 Å². The van der Waals surface area contributed by atoms with E-state index in [1.165, 1.54) is 12.1 Å². The predicted octanol–water partition coefficient (Wildman–Crippen LogP) is 1.94. The van der Waals surface area contributed by atoms with Crippen molar-refractivity contribution < 1.29 is 9.90 Å². The summed E-state index contributed by atoms with van der Waals surface area (Å²) in [4.78, 5) is 11.0. The maximum absolute atomic E-state index is 11.0. The Hall–Kier alpha value is -2.80. The van der Waals surface area contributed by atoms with Crippen LogP contribution in [0.5, 0.6) is 5.75 Å². The summed E-state index contributed by atoms with van der Waals surface area (Å²) >= 11 is 0. The molecule has 0 saturated carbocycles. The van der Waals surface area contributed by atoms with Gasteiger partial charge in [-0.25, -0.2) is 0 Å². The number of amides is 1. The number of benzene rings is 2. The van der Waals surface area contributed by atoms with Crippen LogP contribution in [-0.2, 0) is 4.79 Å². The minimum Gasteiger partial charge on any atom is -0.507 e. The molecule has 0 atom stereocenters. The molecule has 4 heteroatoms. The first kappa shape index (κ1) is 11.7. The molecule has 0 heterocycles. The Kier molecular flexibility index (Phi) is 2.98. The zero-order valence-corrected chi connectivity index (χ0v) is 9.42. The number of phenols is 1. The summed E-state index contributed by atoms with van der Waals surface area (Å²) in [5.74, 6) is -0.689. The fourth-order valence-corrected chi connectivity index (χ4v) is 1.72. The monoisotopic (exact) mass is 238 g/mol. The molecule has 0 unspecified atom stereocenters. The lowest BCUT2D eigenvalue weighted by molar-refractivity contribution is -0.114. The number of carbonyl (C=O) groups excluding carboxylic acids is 1. The molecule has 2 rings (SSSR count). The molecular formula is C14H10N2O2. The maximum Gasteiger partial charge on any atom is 0.259 e. The number of fused-ring (bicyclic) bond motifs is 1. The van der Waals surface area contributed by atoms with Gasteiger partial charge in [0.2, 0.25) is 0 Å². The van der Waals surface area contributed by atoms with Gasteiger partial charge in [0.1, 0.15) is 17.4 Å². The SMILES string of the molecule is N#CC(=Cc1cc(O)c2ccccc2c1)C(N)=O. The number of aromatic hydroxyl groups is 1. The Bertz CT molecular complexity index is 696. The molecule has 4 nitrogen and oxygen atoms in total. The summed E-state index contributed by atoms with van der Waals surface area (Å²) in [5.41, 5.74) is 5.46. The van der Waals surface area contributed by atoms with Gasteiger partial charge in [-0.2, -0.15) is 5.26 Å². The Labute approximate surface area is 104 Å². The molecule has 2 aromatic rings. The highest BCUT2D eigenvalue weighted by molar-refractivity contribution is 6.01. The first-order valence-electron chi connectivity index (χ1n) is 5.25. The zero-order chi connectivity index (χ0) is 13.1. The molecule has 0 fully saturated rings. The molecular weight excluding hydrogens is 228 g/mol. The molecule has 0 aliphatic carbocycles. The average Bonchev–Trinajstić information content (AvgIpc) is 2.35. The molecule has 1 amide bonds. The fourth-order valence-electron chi connectivity index (χ4n) is 1.72. The molecule has 18 heavy (non-hydrogen) atoms. The van der Waals surface area contributed by atoms with Crippen molar-refractivity contribution in [2.45, 2.75) is 0 Å². The van der Waals surface area contributed by atoms with E-state index in [1.807, 2.05) is 18.2 Å². The van der Waals surface area contributed by atoms with Crippen LogP contribution in [0, 0.1) is 11.3 Å². The van der Waals surface area contributed by atoms with E-state index in [9.17, 15) is 9.90 Å². The van der Waals surface area contributed by atoms with E-state index in [1.54, 1.807) is 18.2 Å². The zero-order valence-electron chi connectivity index (χ0n) is 9.42. The third-order valence-electron chi connectivity index (χ3n) is 2.56. The van der Waals surface area contributed by atoms with Gasteiger partial charge in [0, 0.05) is 5.39 Å². The van der Waals surface area contributed by atoms with Crippen LogP contribution in [0.25, 0.3) is 16.8 Å². The van der Waals surface area contributed by atoms with E-state index in [4.69, 9.17) is 11.0 Å². The lowest BCUT2D eigenvalue weighted by Crippen LogP contribution is -2.12. The van der Waals surface area contributed by atoms with Crippen LogP contribution in [0.2, 0.25) is 0 Å². The lowest BCUT2D eigenvalue weighted by atomic mass is 10.0. The van der Waals surface area contributed by atoms with Gasteiger partial charge in [-0.15, -0.1) is 0 Å². The molecule has 3 N–H and O–H groups in total. The molecule has 0 aromatic heterocycles. The smallest absolute Gasteiger partial charge is 0.259 e. The van der Waals surface area contributed by atoms with Gasteiger partial charge in [-0.3, -0.25) is 4.79 Å². The van der Waals surface area contributed by atoms with Crippen molar-refractivity contribution in [2.24, 2.45) is 5.73 Å². The molecule has 88 valence electrons. The Morgan fingerprint density at radius 1 is 1.33 bits per heavy atom. The van der Waals surface area contributed by atoms with Crippen LogP contribution in [-0.4, -0.2) is 11.0 Å². The summed E-state index contributed by atoms with van der Waals surface area (Å²) in [5, 5.41) is 20.1. The number of hydrogen-bond donors (Lipinski definition) is 2. The van der Waals surface area contributed by atoms with Crippen molar-refractivity contribution in [3.8, 4) is 11.8 Å². The van der Waals surface area contributed by atoms with Gasteiger partial charge in [0.15, 0.2) is 0 Å². The summed E-state index contributed by atoms with van der Waals surface area (Å²) in [6.07, 6.45) is 1.36. The van der Waals surface area contributed by atoms with E-state index < -0.39 is 5.91 Å². The van der Waals surface area contributed by atoms with E-state index in [0.717, 1.165) is 5.39 Å².